The van der Waals surface area contributed by atoms with Crippen LogP contribution < -0.4 is 10.0 Å². The minimum atomic E-state index is -3.84. The summed E-state index contributed by atoms with van der Waals surface area (Å²) in [5.41, 5.74) is 1.29. The Balaban J connectivity index is 1.89. The Morgan fingerprint density at radius 3 is 2.48 bits per heavy atom. The molecule has 0 saturated carbocycles. The first-order valence-corrected chi connectivity index (χ1v) is 9.86. The third kappa shape index (κ3) is 6.06. The molecule has 2 rings (SSSR count). The second-order valence-corrected chi connectivity index (χ2v) is 7.92. The van der Waals surface area contributed by atoms with Gasteiger partial charge >= 0.3 is 5.97 Å². The van der Waals surface area contributed by atoms with Crippen molar-refractivity contribution in [2.45, 2.75) is 24.8 Å². The van der Waals surface area contributed by atoms with Crippen molar-refractivity contribution in [2.75, 3.05) is 11.9 Å². The fraction of sp³-hybridized carbons (Fsp3) is 0.222. The average molecular weight is 411 g/mol. The zero-order valence-corrected chi connectivity index (χ0v) is 16.3. The molecule has 0 bridgehead atoms. The summed E-state index contributed by atoms with van der Waals surface area (Å²) in [4.78, 5) is 24.1. The number of nitrogens with one attached hydrogen (secondary N) is 2. The molecule has 0 aliphatic rings. The Morgan fingerprint density at radius 1 is 1.15 bits per heavy atom. The van der Waals surface area contributed by atoms with E-state index < -0.39 is 34.5 Å². The number of amides is 1. The number of benzene rings is 2. The van der Waals surface area contributed by atoms with Crippen LogP contribution in [0.15, 0.2) is 53.4 Å². The molecule has 144 valence electrons. The molecule has 1 amide bonds. The van der Waals surface area contributed by atoms with E-state index in [1.54, 1.807) is 43.3 Å². The van der Waals surface area contributed by atoms with Gasteiger partial charge < -0.3 is 10.1 Å². The van der Waals surface area contributed by atoms with Gasteiger partial charge in [-0.15, -0.1) is 0 Å². The summed E-state index contributed by atoms with van der Waals surface area (Å²) in [7, 11) is -3.84. The molecule has 0 aliphatic carbocycles. The van der Waals surface area contributed by atoms with Crippen molar-refractivity contribution in [1.82, 2.24) is 4.72 Å². The molecule has 0 saturated heterocycles. The molecule has 1 atom stereocenters. The molecule has 2 aromatic carbocycles. The minimum absolute atomic E-state index is 0.0278. The van der Waals surface area contributed by atoms with Crippen LogP contribution in [-0.2, 0) is 24.3 Å². The monoisotopic (exact) mass is 410 g/mol. The van der Waals surface area contributed by atoms with E-state index in [4.69, 9.17) is 16.3 Å². The predicted octanol–water partition coefficient (Wildman–Crippen LogP) is 2.50. The third-order valence-electron chi connectivity index (χ3n) is 3.59. The van der Waals surface area contributed by atoms with Gasteiger partial charge in [0.1, 0.15) is 6.54 Å². The molecule has 0 heterocycles. The van der Waals surface area contributed by atoms with Crippen molar-refractivity contribution in [3.05, 3.63) is 59.1 Å². The summed E-state index contributed by atoms with van der Waals surface area (Å²) < 4.78 is 31.2. The maximum Gasteiger partial charge on any atom is 0.321 e. The van der Waals surface area contributed by atoms with Gasteiger partial charge in [-0.2, -0.15) is 4.72 Å². The largest absolute Gasteiger partial charge is 0.452 e. The number of ether oxygens (including phenoxy) is 1. The average Bonchev–Trinajstić information content (AvgIpc) is 2.64. The lowest BCUT2D eigenvalue weighted by Crippen LogP contribution is -2.35. The molecule has 7 nitrogen and oxygen atoms in total. The fourth-order valence-corrected chi connectivity index (χ4v) is 3.25. The molecule has 0 unspecified atom stereocenters. The summed E-state index contributed by atoms with van der Waals surface area (Å²) in [5.74, 6) is -1.43. The lowest BCUT2D eigenvalue weighted by Gasteiger charge is -2.15. The van der Waals surface area contributed by atoms with E-state index >= 15 is 0 Å². The van der Waals surface area contributed by atoms with Crippen LogP contribution in [0.2, 0.25) is 5.02 Å². The van der Waals surface area contributed by atoms with Gasteiger partial charge in [0.05, 0.1) is 4.90 Å². The maximum absolute atomic E-state index is 12.2. The molecule has 9 heteroatoms. The Morgan fingerprint density at radius 2 is 1.81 bits per heavy atom. The highest BCUT2D eigenvalue weighted by atomic mass is 35.5. The van der Waals surface area contributed by atoms with Gasteiger partial charge in [-0.1, -0.05) is 35.9 Å². The van der Waals surface area contributed by atoms with Gasteiger partial charge in [-0.25, -0.2) is 8.42 Å². The van der Waals surface area contributed by atoms with E-state index in [0.717, 1.165) is 5.56 Å². The van der Waals surface area contributed by atoms with E-state index in [1.165, 1.54) is 19.1 Å². The van der Waals surface area contributed by atoms with Crippen LogP contribution >= 0.6 is 11.6 Å². The van der Waals surface area contributed by atoms with Crippen LogP contribution in [-0.4, -0.2) is 32.9 Å². The predicted molar refractivity (Wildman–Crippen MR) is 102 cm³/mol. The minimum Gasteiger partial charge on any atom is -0.452 e. The SMILES string of the molecule is Cc1ccc(Cl)cc1NC(=O)[C@H](C)OC(=O)CNS(=O)(=O)c1ccccc1. The number of carbonyl (C=O) groups excluding carboxylic acids is 2. The molecule has 0 radical (unpaired) electrons. The second kappa shape index (κ2) is 8.98. The lowest BCUT2D eigenvalue weighted by molar-refractivity contribution is -0.151. The summed E-state index contributed by atoms with van der Waals surface area (Å²) in [6.07, 6.45) is -1.11. The topological polar surface area (TPSA) is 102 Å². The molecular weight excluding hydrogens is 392 g/mol. The molecule has 2 aromatic rings. The van der Waals surface area contributed by atoms with E-state index in [0.29, 0.717) is 10.7 Å². The molecule has 0 spiro atoms. The Hall–Kier alpha value is -2.42. The highest BCUT2D eigenvalue weighted by Crippen LogP contribution is 2.20. The molecule has 2 N–H and O–H groups in total. The van der Waals surface area contributed by atoms with Crippen molar-refractivity contribution >= 4 is 39.2 Å². The van der Waals surface area contributed by atoms with Gasteiger partial charge in [-0.05, 0) is 43.7 Å². The Bertz CT molecular complexity index is 932. The normalized spacial score (nSPS) is 12.3. The Labute approximate surface area is 162 Å². The number of carbonyl (C=O) groups is 2. The number of sulfonamides is 1. The number of hydrogen-bond acceptors (Lipinski definition) is 5. The Kier molecular flexibility index (Phi) is 6.95. The van der Waals surface area contributed by atoms with Crippen molar-refractivity contribution < 1.29 is 22.7 Å². The van der Waals surface area contributed by atoms with Gasteiger partial charge in [0.25, 0.3) is 5.91 Å². The molecule has 0 aliphatic heterocycles. The van der Waals surface area contributed by atoms with E-state index in [-0.39, 0.29) is 4.90 Å². The van der Waals surface area contributed by atoms with Crippen LogP contribution in [0.5, 0.6) is 0 Å². The molecule has 0 fully saturated rings. The number of rotatable bonds is 7. The van der Waals surface area contributed by atoms with Gasteiger partial charge in [-0.3, -0.25) is 9.59 Å². The number of hydrogen-bond donors (Lipinski definition) is 2. The molecule has 27 heavy (non-hydrogen) atoms. The van der Waals surface area contributed by atoms with E-state index in [1.807, 2.05) is 0 Å². The highest BCUT2D eigenvalue weighted by molar-refractivity contribution is 7.89. The first-order valence-electron chi connectivity index (χ1n) is 8.00. The van der Waals surface area contributed by atoms with Crippen LogP contribution in [0, 0.1) is 6.92 Å². The summed E-state index contributed by atoms with van der Waals surface area (Å²) in [6.45, 7) is 2.59. The van der Waals surface area contributed by atoms with Crippen molar-refractivity contribution in [3.63, 3.8) is 0 Å². The van der Waals surface area contributed by atoms with Crippen molar-refractivity contribution in [2.24, 2.45) is 0 Å². The van der Waals surface area contributed by atoms with Crippen LogP contribution in [0.3, 0.4) is 0 Å². The van der Waals surface area contributed by atoms with E-state index in [2.05, 4.69) is 10.0 Å². The van der Waals surface area contributed by atoms with Crippen molar-refractivity contribution in [1.29, 1.82) is 0 Å². The van der Waals surface area contributed by atoms with Crippen molar-refractivity contribution in [3.8, 4) is 0 Å². The second-order valence-electron chi connectivity index (χ2n) is 5.72. The van der Waals surface area contributed by atoms with Gasteiger partial charge in [0, 0.05) is 10.7 Å². The number of esters is 1. The van der Waals surface area contributed by atoms with Gasteiger partial charge in [0.15, 0.2) is 6.10 Å². The quantitative estimate of drug-likeness (QED) is 0.683. The maximum atomic E-state index is 12.2. The number of anilines is 1. The third-order valence-corrected chi connectivity index (χ3v) is 5.25. The van der Waals surface area contributed by atoms with Crippen LogP contribution in [0.4, 0.5) is 5.69 Å². The molecule has 0 aromatic heterocycles. The summed E-state index contributed by atoms with van der Waals surface area (Å²) in [5, 5.41) is 3.07. The van der Waals surface area contributed by atoms with Crippen LogP contribution in [0.1, 0.15) is 12.5 Å². The number of halogens is 1. The lowest BCUT2D eigenvalue weighted by atomic mass is 10.2. The first kappa shape index (κ1) is 20.9. The van der Waals surface area contributed by atoms with Gasteiger partial charge in [0.2, 0.25) is 10.0 Å². The fourth-order valence-electron chi connectivity index (χ4n) is 2.09. The van der Waals surface area contributed by atoms with E-state index in [9.17, 15) is 18.0 Å². The number of aryl methyl sites for hydroxylation is 1. The zero-order valence-electron chi connectivity index (χ0n) is 14.7. The zero-order chi connectivity index (χ0) is 20.0. The standard InChI is InChI=1S/C18H19ClN2O5S/c1-12-8-9-14(19)10-16(12)21-18(23)13(2)26-17(22)11-20-27(24,25)15-6-4-3-5-7-15/h3-10,13,20H,11H2,1-2H3,(H,21,23)/t13-/m0/s1. The molecular formula is C18H19ClN2O5S. The highest BCUT2D eigenvalue weighted by Gasteiger charge is 2.21. The first-order chi connectivity index (χ1) is 12.7. The van der Waals surface area contributed by atoms with Crippen LogP contribution in [0.25, 0.3) is 0 Å². The summed E-state index contributed by atoms with van der Waals surface area (Å²) >= 11 is 5.90. The summed E-state index contributed by atoms with van der Waals surface area (Å²) in [6, 6.07) is 12.6. The smallest absolute Gasteiger partial charge is 0.321 e.